The molecule has 0 spiro atoms. The van der Waals surface area contributed by atoms with Crippen molar-refractivity contribution >= 4 is 15.7 Å². The van der Waals surface area contributed by atoms with Gasteiger partial charge in [-0.3, -0.25) is 10.1 Å². The van der Waals surface area contributed by atoms with Crippen LogP contribution in [0.1, 0.15) is 13.8 Å². The van der Waals surface area contributed by atoms with E-state index in [4.69, 9.17) is 5.73 Å². The Morgan fingerprint density at radius 2 is 1.90 bits per heavy atom. The number of nitro groups is 1. The Labute approximate surface area is 120 Å². The van der Waals surface area contributed by atoms with E-state index in [0.29, 0.717) is 6.07 Å². The number of benzene rings is 1. The minimum atomic E-state index is -4.37. The topological polar surface area (TPSA) is 115 Å². The van der Waals surface area contributed by atoms with Crippen molar-refractivity contribution in [2.24, 2.45) is 11.7 Å². The molecule has 0 radical (unpaired) electrons. The van der Waals surface area contributed by atoms with E-state index in [2.05, 4.69) is 0 Å². The Bertz CT molecular complexity index is 649. The van der Waals surface area contributed by atoms with Crippen molar-refractivity contribution in [2.75, 3.05) is 6.54 Å². The van der Waals surface area contributed by atoms with Crippen LogP contribution in [-0.4, -0.2) is 25.9 Å². The Hall–Kier alpha value is -1.65. The molecule has 3 N–H and O–H groups in total. The molecule has 0 saturated carbocycles. The van der Waals surface area contributed by atoms with Crippen LogP contribution in [0.25, 0.3) is 0 Å². The van der Waals surface area contributed by atoms with Gasteiger partial charge in [0.15, 0.2) is 0 Å². The molecule has 0 aromatic heterocycles. The second-order valence-corrected chi connectivity index (χ2v) is 6.49. The van der Waals surface area contributed by atoms with Crippen molar-refractivity contribution in [3.63, 3.8) is 0 Å². The molecule has 1 unspecified atom stereocenters. The average molecular weight is 323 g/mol. The molecule has 1 atom stereocenters. The van der Waals surface area contributed by atoms with Crippen LogP contribution >= 0.6 is 0 Å². The monoisotopic (exact) mass is 323 g/mol. The number of nitrogens with two attached hydrogens (primary N) is 1. The predicted molar refractivity (Wildman–Crippen MR) is 71.0 cm³/mol. The van der Waals surface area contributed by atoms with Crippen LogP contribution in [-0.2, 0) is 10.0 Å². The summed E-state index contributed by atoms with van der Waals surface area (Å²) < 4.78 is 52.6. The summed E-state index contributed by atoms with van der Waals surface area (Å²) in [6.07, 6.45) is 0. The summed E-state index contributed by atoms with van der Waals surface area (Å²) in [4.78, 5) is 8.45. The van der Waals surface area contributed by atoms with E-state index in [1.165, 1.54) is 0 Å². The molecule has 1 rings (SSSR count). The van der Waals surface area contributed by atoms with Crippen molar-refractivity contribution in [3.05, 3.63) is 33.9 Å². The summed E-state index contributed by atoms with van der Waals surface area (Å²) in [7, 11) is -4.37. The summed E-state index contributed by atoms with van der Waals surface area (Å²) in [5.74, 6) is -2.89. The highest BCUT2D eigenvalue weighted by Crippen LogP contribution is 2.24. The van der Waals surface area contributed by atoms with Gasteiger partial charge in [0.2, 0.25) is 15.8 Å². The SMILES string of the molecule is CC(C)C(N)CNS(=O)(=O)c1cc([N+](=O)[O-])c(F)cc1F. The lowest BCUT2D eigenvalue weighted by molar-refractivity contribution is -0.387. The maximum Gasteiger partial charge on any atom is 0.306 e. The fraction of sp³-hybridized carbons (Fsp3) is 0.455. The predicted octanol–water partition coefficient (Wildman–Crippen LogP) is 1.13. The molecule has 7 nitrogen and oxygen atoms in total. The molecule has 0 heterocycles. The van der Waals surface area contributed by atoms with Gasteiger partial charge in [-0.15, -0.1) is 0 Å². The van der Waals surface area contributed by atoms with Crippen LogP contribution in [0, 0.1) is 27.7 Å². The lowest BCUT2D eigenvalue weighted by atomic mass is 10.1. The van der Waals surface area contributed by atoms with Gasteiger partial charge >= 0.3 is 5.69 Å². The third-order valence-electron chi connectivity index (χ3n) is 2.85. The van der Waals surface area contributed by atoms with Crippen LogP contribution in [0.3, 0.4) is 0 Å². The van der Waals surface area contributed by atoms with Crippen molar-refractivity contribution in [2.45, 2.75) is 24.8 Å². The highest BCUT2D eigenvalue weighted by atomic mass is 32.2. The molecule has 0 bridgehead atoms. The van der Waals surface area contributed by atoms with E-state index < -0.39 is 43.2 Å². The molecule has 1 aromatic rings. The third-order valence-corrected chi connectivity index (χ3v) is 4.29. The molecule has 1 aromatic carbocycles. The Kier molecular flexibility index (Phi) is 5.31. The average Bonchev–Trinajstić information content (AvgIpc) is 2.34. The molecule has 0 saturated heterocycles. The maximum absolute atomic E-state index is 13.6. The van der Waals surface area contributed by atoms with Crippen molar-refractivity contribution in [3.8, 4) is 0 Å². The number of halogens is 2. The summed E-state index contributed by atoms with van der Waals surface area (Å²) in [6, 6.07) is -0.0125. The molecule has 0 amide bonds. The number of hydrogen-bond acceptors (Lipinski definition) is 5. The first-order valence-electron chi connectivity index (χ1n) is 5.95. The van der Waals surface area contributed by atoms with Gasteiger partial charge in [0.1, 0.15) is 10.7 Å². The zero-order chi connectivity index (χ0) is 16.4. The zero-order valence-electron chi connectivity index (χ0n) is 11.3. The second-order valence-electron chi connectivity index (χ2n) is 4.75. The molecule has 0 aliphatic heterocycles. The molecule has 0 aliphatic rings. The van der Waals surface area contributed by atoms with Gasteiger partial charge in [-0.1, -0.05) is 13.8 Å². The minimum absolute atomic E-state index is 0.0277. The van der Waals surface area contributed by atoms with Crippen LogP contribution in [0.4, 0.5) is 14.5 Å². The van der Waals surface area contributed by atoms with Crippen molar-refractivity contribution in [1.82, 2.24) is 4.72 Å². The quantitative estimate of drug-likeness (QED) is 0.601. The Balaban J connectivity index is 3.14. The highest BCUT2D eigenvalue weighted by Gasteiger charge is 2.26. The van der Waals surface area contributed by atoms with Crippen LogP contribution < -0.4 is 10.5 Å². The normalized spacial score (nSPS) is 13.4. The van der Waals surface area contributed by atoms with E-state index in [9.17, 15) is 27.3 Å². The summed E-state index contributed by atoms with van der Waals surface area (Å²) in [5, 5.41) is 10.6. The summed E-state index contributed by atoms with van der Waals surface area (Å²) in [5.41, 5.74) is 4.53. The van der Waals surface area contributed by atoms with Gasteiger partial charge in [0.05, 0.1) is 4.92 Å². The minimum Gasteiger partial charge on any atom is -0.326 e. The first-order chi connectivity index (χ1) is 9.56. The summed E-state index contributed by atoms with van der Waals surface area (Å²) >= 11 is 0. The van der Waals surface area contributed by atoms with Gasteiger partial charge in [-0.05, 0) is 5.92 Å². The number of nitrogens with one attached hydrogen (secondary N) is 1. The second kappa shape index (κ2) is 6.41. The standard InChI is InChI=1S/C11H15F2N3O4S/c1-6(2)9(14)5-15-21(19,20)11-4-10(16(17)18)7(12)3-8(11)13/h3-4,6,9,15H,5,14H2,1-2H3. The van der Waals surface area contributed by atoms with Crippen LogP contribution in [0.2, 0.25) is 0 Å². The number of nitro benzene ring substituents is 1. The Morgan fingerprint density at radius 1 is 1.33 bits per heavy atom. The van der Waals surface area contributed by atoms with Gasteiger partial charge < -0.3 is 5.73 Å². The molecule has 0 aliphatic carbocycles. The summed E-state index contributed by atoms with van der Waals surface area (Å²) in [6.45, 7) is 3.36. The number of hydrogen-bond donors (Lipinski definition) is 2. The van der Waals surface area contributed by atoms with Gasteiger partial charge in [-0.2, -0.15) is 4.39 Å². The fourth-order valence-electron chi connectivity index (χ4n) is 1.38. The van der Waals surface area contributed by atoms with Gasteiger partial charge in [0, 0.05) is 24.7 Å². The number of rotatable bonds is 6. The maximum atomic E-state index is 13.6. The van der Waals surface area contributed by atoms with E-state index in [1.54, 1.807) is 13.8 Å². The van der Waals surface area contributed by atoms with E-state index in [1.807, 2.05) is 4.72 Å². The smallest absolute Gasteiger partial charge is 0.306 e. The lowest BCUT2D eigenvalue weighted by Crippen LogP contribution is -2.40. The first-order valence-corrected chi connectivity index (χ1v) is 7.43. The van der Waals surface area contributed by atoms with Crippen molar-refractivity contribution < 1.29 is 22.1 Å². The van der Waals surface area contributed by atoms with Gasteiger partial charge in [0.25, 0.3) is 0 Å². The number of sulfonamides is 1. The zero-order valence-corrected chi connectivity index (χ0v) is 12.2. The molecular weight excluding hydrogens is 308 g/mol. The largest absolute Gasteiger partial charge is 0.326 e. The Morgan fingerprint density at radius 3 is 2.38 bits per heavy atom. The molecule has 10 heteroatoms. The van der Waals surface area contributed by atoms with Crippen molar-refractivity contribution in [1.29, 1.82) is 0 Å². The number of nitrogens with zero attached hydrogens (tertiary/aromatic N) is 1. The highest BCUT2D eigenvalue weighted by molar-refractivity contribution is 7.89. The molecule has 21 heavy (non-hydrogen) atoms. The van der Waals surface area contributed by atoms with E-state index in [0.717, 1.165) is 0 Å². The van der Waals surface area contributed by atoms with E-state index in [-0.39, 0.29) is 18.5 Å². The fourth-order valence-corrected chi connectivity index (χ4v) is 2.53. The molecule has 118 valence electrons. The lowest BCUT2D eigenvalue weighted by Gasteiger charge is -2.16. The molecule has 0 fully saturated rings. The molecular formula is C11H15F2N3O4S. The van der Waals surface area contributed by atoms with Crippen LogP contribution in [0.5, 0.6) is 0 Å². The van der Waals surface area contributed by atoms with Crippen LogP contribution in [0.15, 0.2) is 17.0 Å². The first kappa shape index (κ1) is 17.4. The van der Waals surface area contributed by atoms with E-state index >= 15 is 0 Å². The third kappa shape index (κ3) is 4.16. The van der Waals surface area contributed by atoms with Gasteiger partial charge in [-0.25, -0.2) is 17.5 Å².